The summed E-state index contributed by atoms with van der Waals surface area (Å²) in [6.07, 6.45) is 0.667. The van der Waals surface area contributed by atoms with Gasteiger partial charge in [0.05, 0.1) is 5.56 Å². The van der Waals surface area contributed by atoms with Crippen molar-refractivity contribution in [2.75, 3.05) is 6.54 Å². The number of hydrogen-bond acceptors (Lipinski definition) is 2. The highest BCUT2D eigenvalue weighted by Gasteiger charge is 2.08. The molecule has 0 saturated heterocycles. The van der Waals surface area contributed by atoms with E-state index in [2.05, 4.69) is 45.7 Å². The Balaban J connectivity index is 2.61. The Morgan fingerprint density at radius 1 is 1.56 bits per heavy atom. The summed E-state index contributed by atoms with van der Waals surface area (Å²) in [4.78, 5) is 12.4. The number of rotatable bonds is 3. The number of benzene rings is 1. The molecule has 1 N–H and O–H groups in total. The summed E-state index contributed by atoms with van der Waals surface area (Å²) >= 11 is 7.57. The summed E-state index contributed by atoms with van der Waals surface area (Å²) in [5.41, 5.74) is 0.580. The summed E-state index contributed by atoms with van der Waals surface area (Å²) in [5.74, 6) is 5.55. The Labute approximate surface area is 109 Å². The lowest BCUT2D eigenvalue weighted by Gasteiger charge is -2.05. The fourth-order valence-electron chi connectivity index (χ4n) is 1.16. The highest BCUT2D eigenvalue weighted by molar-refractivity contribution is 9.10. The van der Waals surface area contributed by atoms with E-state index in [4.69, 9.17) is 0 Å². The maximum atomic E-state index is 11.7. The molecule has 0 spiro atoms. The number of thiol groups is 1. The number of hydrogen-bond donors (Lipinski definition) is 2. The van der Waals surface area contributed by atoms with Crippen LogP contribution in [-0.2, 0) is 0 Å². The van der Waals surface area contributed by atoms with Crippen LogP contribution in [0.2, 0.25) is 0 Å². The van der Waals surface area contributed by atoms with Crippen molar-refractivity contribution in [1.29, 1.82) is 0 Å². The average Bonchev–Trinajstić information content (AvgIpc) is 2.24. The maximum absolute atomic E-state index is 11.7. The first-order valence-corrected chi connectivity index (χ1v) is 6.05. The van der Waals surface area contributed by atoms with Gasteiger partial charge in [0.2, 0.25) is 0 Å². The van der Waals surface area contributed by atoms with E-state index in [1.165, 1.54) is 0 Å². The molecular weight excluding hydrogens is 286 g/mol. The van der Waals surface area contributed by atoms with Crippen molar-refractivity contribution >= 4 is 34.5 Å². The van der Waals surface area contributed by atoms with Gasteiger partial charge in [-0.1, -0.05) is 15.9 Å². The number of carbonyl (C=O) groups excluding carboxylic acids is 1. The molecule has 0 aliphatic heterocycles. The summed E-state index contributed by atoms with van der Waals surface area (Å²) in [5, 5.41) is 2.79. The Kier molecular flexibility index (Phi) is 5.44. The monoisotopic (exact) mass is 297 g/mol. The van der Waals surface area contributed by atoms with Gasteiger partial charge in [-0.2, -0.15) is 0 Å². The van der Waals surface area contributed by atoms with Crippen molar-refractivity contribution in [1.82, 2.24) is 5.32 Å². The lowest BCUT2D eigenvalue weighted by molar-refractivity contribution is 0.0951. The van der Waals surface area contributed by atoms with E-state index in [9.17, 15) is 4.79 Å². The molecule has 84 valence electrons. The third-order valence-electron chi connectivity index (χ3n) is 1.92. The van der Waals surface area contributed by atoms with E-state index in [-0.39, 0.29) is 5.91 Å². The zero-order chi connectivity index (χ0) is 12.0. The van der Waals surface area contributed by atoms with E-state index >= 15 is 0 Å². The van der Waals surface area contributed by atoms with Crippen molar-refractivity contribution in [3.63, 3.8) is 0 Å². The van der Waals surface area contributed by atoms with Crippen molar-refractivity contribution in [3.05, 3.63) is 28.2 Å². The molecule has 0 aliphatic carbocycles. The third-order valence-corrected chi connectivity index (χ3v) is 2.78. The second-order valence-corrected chi connectivity index (χ2v) is 4.49. The normalized spacial score (nSPS) is 9.19. The molecule has 1 amide bonds. The molecule has 1 rings (SSSR count). The van der Waals surface area contributed by atoms with Gasteiger partial charge in [0, 0.05) is 22.3 Å². The van der Waals surface area contributed by atoms with Crippen molar-refractivity contribution < 1.29 is 4.79 Å². The quantitative estimate of drug-likeness (QED) is 0.501. The van der Waals surface area contributed by atoms with Crippen LogP contribution in [0.25, 0.3) is 0 Å². The second-order valence-electron chi connectivity index (χ2n) is 3.09. The molecule has 1 aromatic carbocycles. The van der Waals surface area contributed by atoms with E-state index < -0.39 is 0 Å². The first-order valence-electron chi connectivity index (χ1n) is 4.81. The van der Waals surface area contributed by atoms with Gasteiger partial charge in [-0.3, -0.25) is 4.79 Å². The van der Waals surface area contributed by atoms with E-state index in [0.29, 0.717) is 23.4 Å². The van der Waals surface area contributed by atoms with Crippen LogP contribution in [-0.4, -0.2) is 12.5 Å². The van der Waals surface area contributed by atoms with Crippen LogP contribution >= 0.6 is 28.6 Å². The largest absolute Gasteiger partial charge is 0.351 e. The third kappa shape index (κ3) is 3.92. The minimum absolute atomic E-state index is 0.115. The summed E-state index contributed by atoms with van der Waals surface area (Å²) in [6.45, 7) is 2.34. The lowest BCUT2D eigenvalue weighted by Crippen LogP contribution is -2.24. The number of amides is 1. The smallest absolute Gasteiger partial charge is 0.252 e. The standard InChI is InChI=1S/C12H12BrNOS/c1-2-3-4-7-14-12(15)10-6-5-9(13)8-11(10)16/h5-6,8,16H,4,7H2,1H3,(H,14,15). The van der Waals surface area contributed by atoms with Gasteiger partial charge in [0.25, 0.3) is 5.91 Å². The Morgan fingerprint density at radius 3 is 2.94 bits per heavy atom. The van der Waals surface area contributed by atoms with Crippen molar-refractivity contribution in [2.45, 2.75) is 18.2 Å². The maximum Gasteiger partial charge on any atom is 0.252 e. The van der Waals surface area contributed by atoms with Gasteiger partial charge in [-0.15, -0.1) is 24.5 Å². The lowest BCUT2D eigenvalue weighted by atomic mass is 10.2. The topological polar surface area (TPSA) is 29.1 Å². The van der Waals surface area contributed by atoms with Gasteiger partial charge >= 0.3 is 0 Å². The SMILES string of the molecule is CC#CCCNC(=O)c1ccc(Br)cc1S. The molecule has 1 aromatic rings. The molecule has 0 bridgehead atoms. The zero-order valence-electron chi connectivity index (χ0n) is 8.88. The van der Waals surface area contributed by atoms with Crippen LogP contribution in [0.4, 0.5) is 0 Å². The molecule has 0 saturated carbocycles. The minimum Gasteiger partial charge on any atom is -0.351 e. The van der Waals surface area contributed by atoms with Crippen LogP contribution < -0.4 is 5.32 Å². The zero-order valence-corrected chi connectivity index (χ0v) is 11.4. The molecule has 0 fully saturated rings. The Hall–Kier alpha value is -0.920. The molecule has 0 radical (unpaired) electrons. The summed E-state index contributed by atoms with van der Waals surface area (Å²) < 4.78 is 0.908. The number of carbonyl (C=O) groups is 1. The average molecular weight is 298 g/mol. The van der Waals surface area contributed by atoms with Crippen LogP contribution in [0.15, 0.2) is 27.6 Å². The van der Waals surface area contributed by atoms with Crippen LogP contribution in [0.5, 0.6) is 0 Å². The predicted octanol–water partition coefficient (Wildman–Crippen LogP) is 2.88. The van der Waals surface area contributed by atoms with Gasteiger partial charge < -0.3 is 5.32 Å². The van der Waals surface area contributed by atoms with Gasteiger partial charge in [-0.05, 0) is 25.1 Å². The van der Waals surface area contributed by atoms with E-state index in [0.717, 1.165) is 4.47 Å². The molecule has 0 atom stereocenters. The molecule has 0 aliphatic rings. The van der Waals surface area contributed by atoms with E-state index in [1.54, 1.807) is 19.1 Å². The summed E-state index contributed by atoms with van der Waals surface area (Å²) in [6, 6.07) is 5.36. The number of nitrogens with one attached hydrogen (secondary N) is 1. The molecule has 4 heteroatoms. The van der Waals surface area contributed by atoms with Gasteiger partial charge in [0.15, 0.2) is 0 Å². The van der Waals surface area contributed by atoms with Crippen molar-refractivity contribution in [2.24, 2.45) is 0 Å². The van der Waals surface area contributed by atoms with Crippen molar-refractivity contribution in [3.8, 4) is 11.8 Å². The first kappa shape index (κ1) is 13.1. The van der Waals surface area contributed by atoms with Gasteiger partial charge in [-0.25, -0.2) is 0 Å². The fourth-order valence-corrected chi connectivity index (χ4v) is 2.01. The van der Waals surface area contributed by atoms with Gasteiger partial charge in [0.1, 0.15) is 0 Å². The van der Waals surface area contributed by atoms with E-state index in [1.807, 2.05) is 6.07 Å². The molecule has 0 unspecified atom stereocenters. The Bertz CT molecular complexity index is 448. The van der Waals surface area contributed by atoms with Crippen LogP contribution in [0.1, 0.15) is 23.7 Å². The first-order chi connectivity index (χ1) is 7.65. The highest BCUT2D eigenvalue weighted by atomic mass is 79.9. The second kappa shape index (κ2) is 6.62. The Morgan fingerprint density at radius 2 is 2.31 bits per heavy atom. The minimum atomic E-state index is -0.115. The predicted molar refractivity (Wildman–Crippen MR) is 71.8 cm³/mol. The molecule has 2 nitrogen and oxygen atoms in total. The molecule has 0 aromatic heterocycles. The fraction of sp³-hybridized carbons (Fsp3) is 0.250. The molecule has 0 heterocycles. The summed E-state index contributed by atoms with van der Waals surface area (Å²) in [7, 11) is 0. The van der Waals surface area contributed by atoms with Crippen LogP contribution in [0, 0.1) is 11.8 Å². The molecule has 16 heavy (non-hydrogen) atoms. The van der Waals surface area contributed by atoms with Crippen LogP contribution in [0.3, 0.4) is 0 Å². The highest BCUT2D eigenvalue weighted by Crippen LogP contribution is 2.19. The molecular formula is C12H12BrNOS. The number of halogens is 1.